The first-order valence-corrected chi connectivity index (χ1v) is 11.0. The molecule has 0 spiro atoms. The highest BCUT2D eigenvalue weighted by molar-refractivity contribution is 7.80. The lowest BCUT2D eigenvalue weighted by Gasteiger charge is -2.29. The largest absolute Gasteiger partial charge is 0.457 e. The van der Waals surface area contributed by atoms with Crippen LogP contribution >= 0.6 is 35.4 Å². The van der Waals surface area contributed by atoms with Crippen LogP contribution in [0.3, 0.4) is 0 Å². The molecular formula is C24H18Cl2N2O3S. The van der Waals surface area contributed by atoms with Gasteiger partial charge in [0.05, 0.1) is 15.7 Å². The molecule has 162 valence electrons. The topological polar surface area (TPSA) is 62.6 Å². The van der Waals surface area contributed by atoms with E-state index in [0.717, 1.165) is 5.56 Å². The fourth-order valence-electron chi connectivity index (χ4n) is 3.31. The summed E-state index contributed by atoms with van der Waals surface area (Å²) in [7, 11) is 0. The Morgan fingerprint density at radius 3 is 2.44 bits per heavy atom. The summed E-state index contributed by atoms with van der Waals surface area (Å²) in [4.78, 5) is 27.0. The van der Waals surface area contributed by atoms with Crippen molar-refractivity contribution < 1.29 is 14.0 Å². The number of hydrogen-bond acceptors (Lipinski definition) is 4. The zero-order chi connectivity index (χ0) is 23.0. The number of nitrogens with one attached hydrogen (secondary N) is 1. The van der Waals surface area contributed by atoms with Crippen molar-refractivity contribution in [2.75, 3.05) is 4.90 Å². The quantitative estimate of drug-likeness (QED) is 0.271. The molecule has 8 heteroatoms. The molecule has 0 aliphatic carbocycles. The van der Waals surface area contributed by atoms with Crippen molar-refractivity contribution in [3.63, 3.8) is 0 Å². The van der Waals surface area contributed by atoms with Crippen molar-refractivity contribution in [1.82, 2.24) is 5.32 Å². The van der Waals surface area contributed by atoms with Crippen LogP contribution in [0.15, 0.2) is 64.6 Å². The van der Waals surface area contributed by atoms with Crippen LogP contribution in [0.25, 0.3) is 17.4 Å². The molecule has 3 aromatic rings. The molecule has 2 heterocycles. The molecule has 0 unspecified atom stereocenters. The minimum Gasteiger partial charge on any atom is -0.457 e. The van der Waals surface area contributed by atoms with Gasteiger partial charge in [0.2, 0.25) is 0 Å². The highest BCUT2D eigenvalue weighted by Crippen LogP contribution is 2.35. The zero-order valence-corrected chi connectivity index (χ0v) is 19.5. The monoisotopic (exact) mass is 484 g/mol. The number of carbonyl (C=O) groups is 2. The number of nitrogens with zero attached hydrogens (tertiary/aromatic N) is 1. The molecule has 2 amide bonds. The Morgan fingerprint density at radius 2 is 1.75 bits per heavy atom. The van der Waals surface area contributed by atoms with Gasteiger partial charge < -0.3 is 4.42 Å². The summed E-state index contributed by atoms with van der Waals surface area (Å²) in [5.41, 5.74) is 2.22. The summed E-state index contributed by atoms with van der Waals surface area (Å²) in [5.74, 6) is 0.00933. The first kappa shape index (κ1) is 22.3. The van der Waals surface area contributed by atoms with Gasteiger partial charge in [0, 0.05) is 5.56 Å². The summed E-state index contributed by atoms with van der Waals surface area (Å²) < 4.78 is 5.81. The second-order valence-electron chi connectivity index (χ2n) is 7.51. The third kappa shape index (κ3) is 4.21. The normalized spacial score (nSPS) is 15.6. The first-order valence-electron chi connectivity index (χ1n) is 9.82. The predicted octanol–water partition coefficient (Wildman–Crippen LogP) is 6.21. The zero-order valence-electron chi connectivity index (χ0n) is 17.2. The summed E-state index contributed by atoms with van der Waals surface area (Å²) in [5, 5.41) is 3.35. The summed E-state index contributed by atoms with van der Waals surface area (Å²) in [6, 6.07) is 16.0. The van der Waals surface area contributed by atoms with Crippen molar-refractivity contribution in [2.24, 2.45) is 0 Å². The smallest absolute Gasteiger partial charge is 0.270 e. The van der Waals surface area contributed by atoms with Gasteiger partial charge in [-0.3, -0.25) is 19.8 Å². The molecule has 1 aromatic heterocycles. The van der Waals surface area contributed by atoms with Gasteiger partial charge in [-0.15, -0.1) is 0 Å². The Morgan fingerprint density at radius 1 is 1.03 bits per heavy atom. The van der Waals surface area contributed by atoms with Crippen LogP contribution in [0, 0.1) is 0 Å². The third-order valence-electron chi connectivity index (χ3n) is 5.05. The molecule has 2 aromatic carbocycles. The molecule has 0 atom stereocenters. The lowest BCUT2D eigenvalue weighted by Crippen LogP contribution is -2.54. The maximum Gasteiger partial charge on any atom is 0.270 e. The van der Waals surface area contributed by atoms with Crippen LogP contribution < -0.4 is 10.2 Å². The molecule has 5 nitrogen and oxygen atoms in total. The maximum absolute atomic E-state index is 13.2. The number of carbonyl (C=O) groups excluding carboxylic acids is 2. The second kappa shape index (κ2) is 8.90. The maximum atomic E-state index is 13.2. The van der Waals surface area contributed by atoms with Crippen molar-refractivity contribution in [3.05, 3.63) is 81.5 Å². The van der Waals surface area contributed by atoms with Crippen molar-refractivity contribution >= 4 is 64.1 Å². The number of thiocarbonyl (C=S) groups is 1. The minimum absolute atomic E-state index is 0.0280. The highest BCUT2D eigenvalue weighted by Gasteiger charge is 2.34. The van der Waals surface area contributed by atoms with Crippen LogP contribution in [-0.4, -0.2) is 16.9 Å². The molecule has 1 aliphatic heterocycles. The summed E-state index contributed by atoms with van der Waals surface area (Å²) >= 11 is 17.6. The van der Waals surface area contributed by atoms with Gasteiger partial charge in [0.1, 0.15) is 17.1 Å². The lowest BCUT2D eigenvalue weighted by atomic mass is 10.0. The van der Waals surface area contributed by atoms with Crippen molar-refractivity contribution in [1.29, 1.82) is 0 Å². The fourth-order valence-corrected chi connectivity index (χ4v) is 3.99. The van der Waals surface area contributed by atoms with Crippen LogP contribution in [0.5, 0.6) is 0 Å². The molecule has 4 rings (SSSR count). The number of amides is 2. The molecule has 0 saturated carbocycles. The average molecular weight is 485 g/mol. The Labute approximate surface area is 200 Å². The summed E-state index contributed by atoms with van der Waals surface area (Å²) in [6.07, 6.45) is 1.39. The number of rotatable bonds is 4. The van der Waals surface area contributed by atoms with E-state index in [1.165, 1.54) is 11.0 Å². The Bertz CT molecular complexity index is 1260. The molecule has 0 bridgehead atoms. The first-order chi connectivity index (χ1) is 15.3. The van der Waals surface area contributed by atoms with E-state index in [0.29, 0.717) is 38.7 Å². The van der Waals surface area contributed by atoms with E-state index >= 15 is 0 Å². The lowest BCUT2D eigenvalue weighted by molar-refractivity contribution is -0.122. The molecule has 1 aliphatic rings. The number of furan rings is 1. The molecular weight excluding hydrogens is 467 g/mol. The molecule has 1 N–H and O–H groups in total. The van der Waals surface area contributed by atoms with Crippen molar-refractivity contribution in [3.8, 4) is 11.3 Å². The van der Waals surface area contributed by atoms with Gasteiger partial charge in [-0.25, -0.2) is 0 Å². The van der Waals surface area contributed by atoms with E-state index in [2.05, 4.69) is 19.2 Å². The van der Waals surface area contributed by atoms with E-state index in [1.807, 2.05) is 12.1 Å². The standard InChI is InChI=1S/C24H18Cl2N2O3S/c1-13(2)14-6-8-15(9-7-14)28-23(30)18(22(29)27-24(28)32)12-16-10-11-20(31-16)17-4-3-5-19(25)21(17)26/h3-13H,1-2H3,(H,27,29,32)/b18-12-. The van der Waals surface area contributed by atoms with Gasteiger partial charge in [-0.2, -0.15) is 0 Å². The van der Waals surface area contributed by atoms with Gasteiger partial charge in [0.25, 0.3) is 11.8 Å². The SMILES string of the molecule is CC(C)c1ccc(N2C(=O)/C(=C\c3ccc(-c4cccc(Cl)c4Cl)o3)C(=O)NC2=S)cc1. The Kier molecular flexibility index (Phi) is 6.20. The predicted molar refractivity (Wildman–Crippen MR) is 131 cm³/mol. The van der Waals surface area contributed by atoms with E-state index in [4.69, 9.17) is 39.8 Å². The Balaban J connectivity index is 1.66. The number of anilines is 1. The van der Waals surface area contributed by atoms with Crippen LogP contribution in [0.4, 0.5) is 5.69 Å². The Hall–Kier alpha value is -2.93. The van der Waals surface area contributed by atoms with E-state index in [9.17, 15) is 9.59 Å². The molecule has 0 radical (unpaired) electrons. The summed E-state index contributed by atoms with van der Waals surface area (Å²) in [6.45, 7) is 4.17. The number of benzene rings is 2. The van der Waals surface area contributed by atoms with Gasteiger partial charge >= 0.3 is 0 Å². The van der Waals surface area contributed by atoms with Crippen LogP contribution in [0.1, 0.15) is 31.1 Å². The van der Waals surface area contributed by atoms with E-state index in [-0.39, 0.29) is 10.7 Å². The van der Waals surface area contributed by atoms with Crippen LogP contribution in [0.2, 0.25) is 10.0 Å². The second-order valence-corrected chi connectivity index (χ2v) is 8.68. The highest BCUT2D eigenvalue weighted by atomic mass is 35.5. The van der Waals surface area contributed by atoms with Crippen LogP contribution in [-0.2, 0) is 9.59 Å². The van der Waals surface area contributed by atoms with Gasteiger partial charge in [-0.05, 0) is 66.2 Å². The van der Waals surface area contributed by atoms with E-state index in [1.54, 1.807) is 42.5 Å². The van der Waals surface area contributed by atoms with Gasteiger partial charge in [0.15, 0.2) is 5.11 Å². The van der Waals surface area contributed by atoms with Gasteiger partial charge in [-0.1, -0.05) is 55.2 Å². The average Bonchev–Trinajstić information content (AvgIpc) is 3.22. The minimum atomic E-state index is -0.589. The van der Waals surface area contributed by atoms with Crippen molar-refractivity contribution in [2.45, 2.75) is 19.8 Å². The third-order valence-corrected chi connectivity index (χ3v) is 6.15. The number of halogens is 2. The molecule has 1 saturated heterocycles. The molecule has 32 heavy (non-hydrogen) atoms. The fraction of sp³-hybridized carbons (Fsp3) is 0.125. The number of hydrogen-bond donors (Lipinski definition) is 1. The molecule has 1 fully saturated rings. The van der Waals surface area contributed by atoms with E-state index < -0.39 is 11.8 Å².